The van der Waals surface area contributed by atoms with E-state index in [1.54, 1.807) is 5.41 Å². The van der Waals surface area contributed by atoms with E-state index in [0.717, 1.165) is 0 Å². The minimum absolute atomic E-state index is 0.605. The Balaban J connectivity index is 2.66. The normalized spacial score (nSPS) is 10.2. The molecule has 0 aliphatic heterocycles. The molecule has 0 atom stereocenters. The standard InChI is InChI=1S/C3H8N2S/c4-1-2-6-3-5/h1-2H,3-5H2/b2-1-. The molecule has 0 heterocycles. The number of hydrogen-bond acceptors (Lipinski definition) is 3. The van der Waals surface area contributed by atoms with Crippen molar-refractivity contribution in [3.8, 4) is 0 Å². The lowest BCUT2D eigenvalue weighted by Crippen LogP contribution is -1.89. The van der Waals surface area contributed by atoms with Crippen LogP contribution in [0.25, 0.3) is 0 Å². The third-order valence-electron chi connectivity index (χ3n) is 0.271. The van der Waals surface area contributed by atoms with Gasteiger partial charge in [0.1, 0.15) is 0 Å². The van der Waals surface area contributed by atoms with Crippen molar-refractivity contribution in [3.63, 3.8) is 0 Å². The van der Waals surface area contributed by atoms with Gasteiger partial charge in [0.2, 0.25) is 0 Å². The van der Waals surface area contributed by atoms with Crippen molar-refractivity contribution in [1.29, 1.82) is 0 Å². The second-order valence-electron chi connectivity index (χ2n) is 0.662. The van der Waals surface area contributed by atoms with Crippen molar-refractivity contribution < 1.29 is 0 Å². The van der Waals surface area contributed by atoms with Crippen molar-refractivity contribution in [2.24, 2.45) is 11.5 Å². The van der Waals surface area contributed by atoms with Crippen molar-refractivity contribution in [2.45, 2.75) is 0 Å². The zero-order chi connectivity index (χ0) is 4.83. The topological polar surface area (TPSA) is 52.0 Å². The third-order valence-corrected chi connectivity index (χ3v) is 0.813. The molecule has 0 saturated heterocycles. The van der Waals surface area contributed by atoms with E-state index in [1.165, 1.54) is 18.0 Å². The maximum Gasteiger partial charge on any atom is 0.0435 e. The summed E-state index contributed by atoms with van der Waals surface area (Å²) in [6.45, 7) is 0. The Morgan fingerprint density at radius 2 is 2.33 bits per heavy atom. The Bertz CT molecular complexity index is 44.1. The Labute approximate surface area is 41.6 Å². The van der Waals surface area contributed by atoms with Crippen molar-refractivity contribution in [3.05, 3.63) is 11.6 Å². The highest BCUT2D eigenvalue weighted by molar-refractivity contribution is 8.02. The number of rotatable bonds is 2. The predicted molar refractivity (Wildman–Crippen MR) is 30.0 cm³/mol. The SMILES string of the molecule is N/C=C\SCN. The number of hydrogen-bond donors (Lipinski definition) is 2. The lowest BCUT2D eigenvalue weighted by molar-refractivity contribution is 1.41. The minimum atomic E-state index is 0.605. The van der Waals surface area contributed by atoms with Gasteiger partial charge in [-0.2, -0.15) is 0 Å². The smallest absolute Gasteiger partial charge is 0.0435 e. The molecule has 0 aromatic carbocycles. The number of thioether (sulfide) groups is 1. The van der Waals surface area contributed by atoms with Crippen molar-refractivity contribution in [2.75, 3.05) is 5.88 Å². The summed E-state index contributed by atoms with van der Waals surface area (Å²) >= 11 is 1.48. The van der Waals surface area contributed by atoms with E-state index in [-0.39, 0.29) is 0 Å². The molecule has 4 N–H and O–H groups in total. The number of nitrogens with two attached hydrogens (primary N) is 2. The summed E-state index contributed by atoms with van der Waals surface area (Å²) in [5, 5.41) is 1.75. The largest absolute Gasteiger partial charge is 0.404 e. The van der Waals surface area contributed by atoms with Gasteiger partial charge in [-0.3, -0.25) is 0 Å². The average Bonchev–Trinajstić information content (AvgIpc) is 1.61. The first kappa shape index (κ1) is 5.85. The van der Waals surface area contributed by atoms with Gasteiger partial charge in [0.05, 0.1) is 0 Å². The van der Waals surface area contributed by atoms with Gasteiger partial charge < -0.3 is 11.5 Å². The van der Waals surface area contributed by atoms with E-state index in [2.05, 4.69) is 0 Å². The van der Waals surface area contributed by atoms with Crippen LogP contribution >= 0.6 is 11.8 Å². The van der Waals surface area contributed by atoms with E-state index in [4.69, 9.17) is 11.5 Å². The molecule has 0 unspecified atom stereocenters. The van der Waals surface area contributed by atoms with Gasteiger partial charge in [0.15, 0.2) is 0 Å². The summed E-state index contributed by atoms with van der Waals surface area (Å²) in [6.07, 6.45) is 1.47. The molecule has 0 fully saturated rings. The van der Waals surface area contributed by atoms with Crippen LogP contribution in [-0.4, -0.2) is 5.88 Å². The first-order valence-corrected chi connectivity index (χ1v) is 2.65. The first-order chi connectivity index (χ1) is 2.91. The second-order valence-corrected chi connectivity index (χ2v) is 1.60. The minimum Gasteiger partial charge on any atom is -0.404 e. The molecule has 0 rings (SSSR count). The summed E-state index contributed by atoms with van der Waals surface area (Å²) in [7, 11) is 0. The van der Waals surface area contributed by atoms with E-state index < -0.39 is 0 Å². The fourth-order valence-corrected chi connectivity index (χ4v) is 0.333. The van der Waals surface area contributed by atoms with Gasteiger partial charge >= 0.3 is 0 Å². The van der Waals surface area contributed by atoms with Gasteiger partial charge in [-0.15, -0.1) is 11.8 Å². The lowest BCUT2D eigenvalue weighted by Gasteiger charge is -1.78. The van der Waals surface area contributed by atoms with Crippen molar-refractivity contribution >= 4 is 11.8 Å². The van der Waals surface area contributed by atoms with Crippen LogP contribution in [0.1, 0.15) is 0 Å². The fourth-order valence-electron chi connectivity index (χ4n) is 0.111. The Morgan fingerprint density at radius 1 is 1.67 bits per heavy atom. The summed E-state index contributed by atoms with van der Waals surface area (Å²) in [5.41, 5.74) is 10.0. The Kier molecular flexibility index (Phi) is 4.73. The predicted octanol–water partition coefficient (Wildman–Crippen LogP) is 0.0657. The van der Waals surface area contributed by atoms with Gasteiger partial charge in [0.25, 0.3) is 0 Å². The molecule has 36 valence electrons. The maximum atomic E-state index is 5.07. The molecule has 0 aliphatic carbocycles. The lowest BCUT2D eigenvalue weighted by atomic mass is 11.1. The monoisotopic (exact) mass is 104 g/mol. The highest BCUT2D eigenvalue weighted by atomic mass is 32.2. The summed E-state index contributed by atoms with van der Waals surface area (Å²) in [5.74, 6) is 0.605. The van der Waals surface area contributed by atoms with Gasteiger partial charge in [0, 0.05) is 12.1 Å². The summed E-state index contributed by atoms with van der Waals surface area (Å²) in [4.78, 5) is 0. The van der Waals surface area contributed by atoms with Crippen LogP contribution in [0.5, 0.6) is 0 Å². The summed E-state index contributed by atoms with van der Waals surface area (Å²) in [6, 6.07) is 0. The van der Waals surface area contributed by atoms with Crippen LogP contribution in [0.15, 0.2) is 11.6 Å². The van der Waals surface area contributed by atoms with E-state index in [9.17, 15) is 0 Å². The second kappa shape index (κ2) is 4.85. The molecule has 0 aliphatic rings. The molecule has 3 heteroatoms. The zero-order valence-corrected chi connectivity index (χ0v) is 4.24. The molecule has 2 nitrogen and oxygen atoms in total. The van der Waals surface area contributed by atoms with Crippen LogP contribution in [0, 0.1) is 0 Å². The molecule has 0 aromatic heterocycles. The van der Waals surface area contributed by atoms with Crippen LogP contribution < -0.4 is 11.5 Å². The first-order valence-electron chi connectivity index (χ1n) is 1.60. The highest BCUT2D eigenvalue weighted by Crippen LogP contribution is 1.92. The molecule has 0 spiro atoms. The fraction of sp³-hybridized carbons (Fsp3) is 0.333. The van der Waals surface area contributed by atoms with E-state index in [1.807, 2.05) is 0 Å². The van der Waals surface area contributed by atoms with Crippen LogP contribution in [0.3, 0.4) is 0 Å². The van der Waals surface area contributed by atoms with Crippen LogP contribution in [0.4, 0.5) is 0 Å². The van der Waals surface area contributed by atoms with E-state index >= 15 is 0 Å². The highest BCUT2D eigenvalue weighted by Gasteiger charge is 1.64. The molecular formula is C3H8N2S. The van der Waals surface area contributed by atoms with Crippen molar-refractivity contribution in [1.82, 2.24) is 0 Å². The van der Waals surface area contributed by atoms with Crippen LogP contribution in [0.2, 0.25) is 0 Å². The quantitative estimate of drug-likeness (QED) is 0.487. The molecule has 0 radical (unpaired) electrons. The molecule has 0 saturated carbocycles. The Hall–Kier alpha value is -0.150. The van der Waals surface area contributed by atoms with Gasteiger partial charge in [-0.1, -0.05) is 0 Å². The molecule has 6 heavy (non-hydrogen) atoms. The zero-order valence-electron chi connectivity index (χ0n) is 3.42. The summed E-state index contributed by atoms with van der Waals surface area (Å²) < 4.78 is 0. The maximum absolute atomic E-state index is 5.07. The van der Waals surface area contributed by atoms with Gasteiger partial charge in [-0.05, 0) is 5.41 Å². The van der Waals surface area contributed by atoms with Gasteiger partial charge in [-0.25, -0.2) is 0 Å². The molecule has 0 aromatic rings. The van der Waals surface area contributed by atoms with E-state index in [0.29, 0.717) is 5.88 Å². The van der Waals surface area contributed by atoms with Crippen LogP contribution in [-0.2, 0) is 0 Å². The third kappa shape index (κ3) is 3.85. The average molecular weight is 104 g/mol. The molecular weight excluding hydrogens is 96.1 g/mol. The molecule has 0 bridgehead atoms. The molecule has 0 amide bonds. The Morgan fingerprint density at radius 3 is 2.50 bits per heavy atom.